The highest BCUT2D eigenvalue weighted by atomic mass is 35.5. The van der Waals surface area contributed by atoms with Gasteiger partial charge in [-0.1, -0.05) is 17.7 Å². The van der Waals surface area contributed by atoms with Crippen molar-refractivity contribution in [2.45, 2.75) is 17.9 Å². The third kappa shape index (κ3) is 4.19. The van der Waals surface area contributed by atoms with Crippen molar-refractivity contribution in [3.05, 3.63) is 28.8 Å². The summed E-state index contributed by atoms with van der Waals surface area (Å²) >= 11 is 7.74. The Hall–Kier alpha value is -0.710. The zero-order chi connectivity index (χ0) is 13.7. The average Bonchev–Trinajstić information content (AvgIpc) is 2.34. The van der Waals surface area contributed by atoms with Crippen LogP contribution in [0.4, 0.5) is 0 Å². The third-order valence-electron chi connectivity index (χ3n) is 2.73. The van der Waals surface area contributed by atoms with E-state index < -0.39 is 0 Å². The summed E-state index contributed by atoms with van der Waals surface area (Å²) in [5.41, 5.74) is 1.07. The molecule has 0 aromatic heterocycles. The Balaban J connectivity index is 2.70. The Bertz CT molecular complexity index is 423. The lowest BCUT2D eigenvalue weighted by Crippen LogP contribution is -2.23. The molecule has 1 rings (SSSR count). The molecule has 0 radical (unpaired) electrons. The van der Waals surface area contributed by atoms with E-state index in [2.05, 4.69) is 12.2 Å². The largest absolute Gasteiger partial charge is 0.348 e. The molecule has 1 unspecified atom stereocenters. The number of carbonyl (C=O) groups is 1. The van der Waals surface area contributed by atoms with Crippen LogP contribution in [0.5, 0.6) is 0 Å². The molecule has 0 aliphatic rings. The summed E-state index contributed by atoms with van der Waals surface area (Å²) in [6.07, 6.45) is 0. The summed E-state index contributed by atoms with van der Waals surface area (Å²) in [6, 6.07) is 6.15. The molecule has 0 saturated carbocycles. The number of nitrogens with zero attached hydrogens (tertiary/aromatic N) is 1. The number of hydrogen-bond acceptors (Lipinski definition) is 3. The first-order valence-electron chi connectivity index (χ1n) is 5.75. The summed E-state index contributed by atoms with van der Waals surface area (Å²) in [5.74, 6) is 0.536. The van der Waals surface area contributed by atoms with Gasteiger partial charge in [-0.2, -0.15) is 0 Å². The summed E-state index contributed by atoms with van der Waals surface area (Å²) in [7, 11) is 5.42. The number of hydrogen-bond donors (Lipinski definition) is 1. The Morgan fingerprint density at radius 2 is 2.17 bits per heavy atom. The van der Waals surface area contributed by atoms with Crippen molar-refractivity contribution in [2.75, 3.05) is 26.9 Å². The summed E-state index contributed by atoms with van der Waals surface area (Å²) in [5, 5.41) is 3.89. The number of halogens is 1. The molecule has 1 aromatic rings. The van der Waals surface area contributed by atoms with Gasteiger partial charge in [-0.25, -0.2) is 0 Å². The summed E-state index contributed by atoms with van der Waals surface area (Å²) in [6.45, 7) is 2.06. The first kappa shape index (κ1) is 15.3. The van der Waals surface area contributed by atoms with Crippen LogP contribution in [0.25, 0.3) is 0 Å². The quantitative estimate of drug-likeness (QED) is 0.845. The van der Waals surface area contributed by atoms with Gasteiger partial charge in [-0.3, -0.25) is 4.79 Å². The fourth-order valence-corrected chi connectivity index (χ4v) is 2.70. The first-order chi connectivity index (χ1) is 8.45. The van der Waals surface area contributed by atoms with E-state index in [-0.39, 0.29) is 11.9 Å². The summed E-state index contributed by atoms with van der Waals surface area (Å²) < 4.78 is 0. The molecule has 0 spiro atoms. The lowest BCUT2D eigenvalue weighted by atomic mass is 10.1. The predicted molar refractivity (Wildman–Crippen MR) is 78.3 cm³/mol. The number of rotatable bonds is 5. The van der Waals surface area contributed by atoms with Crippen molar-refractivity contribution in [2.24, 2.45) is 0 Å². The van der Waals surface area contributed by atoms with Crippen LogP contribution in [0.3, 0.4) is 0 Å². The van der Waals surface area contributed by atoms with Crippen LogP contribution in [0.1, 0.15) is 18.5 Å². The van der Waals surface area contributed by atoms with E-state index in [1.165, 1.54) is 11.8 Å². The molecule has 1 aromatic carbocycles. The fraction of sp³-hybridized carbons (Fsp3) is 0.462. The highest BCUT2D eigenvalue weighted by molar-refractivity contribution is 8.00. The molecular weight excluding hydrogens is 268 g/mol. The second-order valence-corrected chi connectivity index (χ2v) is 5.73. The highest BCUT2D eigenvalue weighted by Gasteiger charge is 2.10. The van der Waals surface area contributed by atoms with E-state index in [1.54, 1.807) is 19.0 Å². The lowest BCUT2D eigenvalue weighted by molar-refractivity contribution is -0.125. The van der Waals surface area contributed by atoms with Crippen molar-refractivity contribution in [3.8, 4) is 0 Å². The van der Waals surface area contributed by atoms with Crippen molar-refractivity contribution < 1.29 is 4.79 Å². The fourth-order valence-electron chi connectivity index (χ4n) is 1.38. The molecule has 5 heteroatoms. The van der Waals surface area contributed by atoms with E-state index in [9.17, 15) is 4.79 Å². The standard InChI is InChI=1S/C13H19ClN2OS/c1-9(15-2)11-6-5-10(7-12(11)14)18-8-13(17)16(3)4/h5-7,9,15H,8H2,1-4H3. The van der Waals surface area contributed by atoms with Crippen LogP contribution in [0.2, 0.25) is 5.02 Å². The molecule has 0 saturated heterocycles. The molecule has 0 aliphatic carbocycles. The molecule has 1 N–H and O–H groups in total. The Morgan fingerprint density at radius 3 is 2.67 bits per heavy atom. The lowest BCUT2D eigenvalue weighted by Gasteiger charge is -2.14. The van der Waals surface area contributed by atoms with Crippen LogP contribution in [-0.4, -0.2) is 37.7 Å². The van der Waals surface area contributed by atoms with Gasteiger partial charge < -0.3 is 10.2 Å². The minimum absolute atomic E-state index is 0.101. The average molecular weight is 287 g/mol. The topological polar surface area (TPSA) is 32.3 Å². The maximum atomic E-state index is 11.5. The molecule has 18 heavy (non-hydrogen) atoms. The van der Waals surface area contributed by atoms with Gasteiger partial charge in [0.2, 0.25) is 5.91 Å². The minimum Gasteiger partial charge on any atom is -0.348 e. The molecule has 0 fully saturated rings. The van der Waals surface area contributed by atoms with Crippen LogP contribution in [0.15, 0.2) is 23.1 Å². The number of nitrogens with one attached hydrogen (secondary N) is 1. The molecular formula is C13H19ClN2OS. The van der Waals surface area contributed by atoms with Gasteiger partial charge in [0.25, 0.3) is 0 Å². The van der Waals surface area contributed by atoms with Crippen LogP contribution in [0, 0.1) is 0 Å². The molecule has 0 aliphatic heterocycles. The molecule has 1 amide bonds. The van der Waals surface area contributed by atoms with Crippen molar-refractivity contribution in [3.63, 3.8) is 0 Å². The maximum absolute atomic E-state index is 11.5. The molecule has 1 atom stereocenters. The van der Waals surface area contributed by atoms with Gasteiger partial charge >= 0.3 is 0 Å². The van der Waals surface area contributed by atoms with Gasteiger partial charge in [-0.15, -0.1) is 11.8 Å². The second kappa shape index (κ2) is 7.02. The van der Waals surface area contributed by atoms with Gasteiger partial charge in [0.05, 0.1) is 5.75 Å². The predicted octanol–water partition coefficient (Wildman–Crippen LogP) is 2.80. The minimum atomic E-state index is 0.101. The maximum Gasteiger partial charge on any atom is 0.232 e. The monoisotopic (exact) mass is 286 g/mol. The number of thioether (sulfide) groups is 1. The second-order valence-electron chi connectivity index (χ2n) is 4.27. The van der Waals surface area contributed by atoms with E-state index in [4.69, 9.17) is 11.6 Å². The number of carbonyl (C=O) groups excluding carboxylic acids is 1. The zero-order valence-electron chi connectivity index (χ0n) is 11.2. The van der Waals surface area contributed by atoms with E-state index in [1.807, 2.05) is 25.2 Å². The number of benzene rings is 1. The third-order valence-corrected chi connectivity index (χ3v) is 4.04. The van der Waals surface area contributed by atoms with E-state index in [0.29, 0.717) is 5.75 Å². The number of amides is 1. The van der Waals surface area contributed by atoms with Gasteiger partial charge in [0.1, 0.15) is 0 Å². The first-order valence-corrected chi connectivity index (χ1v) is 7.11. The molecule has 3 nitrogen and oxygen atoms in total. The molecule has 100 valence electrons. The van der Waals surface area contributed by atoms with Crippen molar-refractivity contribution >= 4 is 29.3 Å². The highest BCUT2D eigenvalue weighted by Crippen LogP contribution is 2.28. The van der Waals surface area contributed by atoms with Crippen LogP contribution in [-0.2, 0) is 4.79 Å². The zero-order valence-corrected chi connectivity index (χ0v) is 12.7. The normalized spacial score (nSPS) is 12.3. The SMILES string of the molecule is CNC(C)c1ccc(SCC(=O)N(C)C)cc1Cl. The molecule has 0 bridgehead atoms. The van der Waals surface area contributed by atoms with Crippen LogP contribution >= 0.6 is 23.4 Å². The smallest absolute Gasteiger partial charge is 0.232 e. The van der Waals surface area contributed by atoms with Crippen molar-refractivity contribution in [1.82, 2.24) is 10.2 Å². The Labute approximate surface area is 118 Å². The van der Waals surface area contributed by atoms with E-state index >= 15 is 0 Å². The van der Waals surface area contributed by atoms with Gasteiger partial charge in [-0.05, 0) is 31.7 Å². The Kier molecular flexibility index (Phi) is 5.99. The van der Waals surface area contributed by atoms with E-state index in [0.717, 1.165) is 15.5 Å². The Morgan fingerprint density at radius 1 is 1.50 bits per heavy atom. The summed E-state index contributed by atoms with van der Waals surface area (Å²) in [4.78, 5) is 14.1. The molecule has 0 heterocycles. The van der Waals surface area contributed by atoms with Gasteiger partial charge in [0, 0.05) is 30.1 Å². The van der Waals surface area contributed by atoms with Crippen LogP contribution < -0.4 is 5.32 Å². The van der Waals surface area contributed by atoms with Crippen molar-refractivity contribution in [1.29, 1.82) is 0 Å². The van der Waals surface area contributed by atoms with Gasteiger partial charge in [0.15, 0.2) is 0 Å².